The van der Waals surface area contributed by atoms with Gasteiger partial charge in [0.15, 0.2) is 5.78 Å². The first kappa shape index (κ1) is 23.2. The fourth-order valence-electron chi connectivity index (χ4n) is 3.71. The fourth-order valence-corrected chi connectivity index (χ4v) is 3.71. The van der Waals surface area contributed by atoms with Crippen LogP contribution in [0.4, 0.5) is 5.69 Å². The molecule has 168 valence electrons. The van der Waals surface area contributed by atoms with E-state index in [1.807, 2.05) is 0 Å². The van der Waals surface area contributed by atoms with Gasteiger partial charge in [-0.25, -0.2) is 4.90 Å². The van der Waals surface area contributed by atoms with Gasteiger partial charge in [0.05, 0.1) is 11.3 Å². The number of hydrogen-bond donors (Lipinski definition) is 1. The number of aliphatic hydroxyl groups excluding tert-OH is 1. The van der Waals surface area contributed by atoms with Crippen molar-refractivity contribution in [2.45, 2.75) is 27.7 Å². The van der Waals surface area contributed by atoms with E-state index in [0.29, 0.717) is 34.7 Å². The normalized spacial score (nSPS) is 14.5. The van der Waals surface area contributed by atoms with Crippen molar-refractivity contribution < 1.29 is 24.2 Å². The Hall–Kier alpha value is -3.45. The first-order chi connectivity index (χ1) is 15.3. The SMILES string of the molecule is CCN(CC)CCOc1ccc(/C(O)=C2/C(=O)N(C(C)=O)c3ccc(C(C)=O)cc32)cc1. The van der Waals surface area contributed by atoms with Crippen LogP contribution in [0.1, 0.15) is 49.2 Å². The van der Waals surface area contributed by atoms with Crippen LogP contribution in [0.3, 0.4) is 0 Å². The summed E-state index contributed by atoms with van der Waals surface area (Å²) in [6, 6.07) is 11.4. The van der Waals surface area contributed by atoms with Crippen LogP contribution in [0.2, 0.25) is 0 Å². The maximum atomic E-state index is 13.0. The molecule has 0 saturated carbocycles. The number of hydrogen-bond acceptors (Lipinski definition) is 6. The van der Waals surface area contributed by atoms with E-state index in [4.69, 9.17) is 4.74 Å². The van der Waals surface area contributed by atoms with Gasteiger partial charge in [-0.2, -0.15) is 0 Å². The number of imide groups is 1. The summed E-state index contributed by atoms with van der Waals surface area (Å²) in [6.07, 6.45) is 0. The number of fused-ring (bicyclic) bond motifs is 1. The molecule has 0 fully saturated rings. The summed E-state index contributed by atoms with van der Waals surface area (Å²) >= 11 is 0. The van der Waals surface area contributed by atoms with Crippen molar-refractivity contribution >= 4 is 34.6 Å². The molecule has 3 rings (SSSR count). The third kappa shape index (κ3) is 4.57. The van der Waals surface area contributed by atoms with Crippen LogP contribution in [-0.2, 0) is 9.59 Å². The van der Waals surface area contributed by atoms with Gasteiger partial charge in [0.2, 0.25) is 5.91 Å². The van der Waals surface area contributed by atoms with E-state index in [1.165, 1.54) is 19.9 Å². The van der Waals surface area contributed by atoms with Gasteiger partial charge < -0.3 is 14.7 Å². The maximum Gasteiger partial charge on any atom is 0.269 e. The van der Waals surface area contributed by atoms with Gasteiger partial charge in [0.1, 0.15) is 18.1 Å². The fraction of sp³-hybridized carbons (Fsp3) is 0.320. The zero-order chi connectivity index (χ0) is 23.4. The van der Waals surface area contributed by atoms with Crippen LogP contribution in [0, 0.1) is 0 Å². The number of ketones is 1. The Kier molecular flexibility index (Phi) is 7.10. The summed E-state index contributed by atoms with van der Waals surface area (Å²) in [6.45, 7) is 10.2. The zero-order valence-corrected chi connectivity index (χ0v) is 18.8. The number of rotatable bonds is 8. The largest absolute Gasteiger partial charge is 0.506 e. The van der Waals surface area contributed by atoms with Crippen LogP contribution in [0.25, 0.3) is 11.3 Å². The lowest BCUT2D eigenvalue weighted by Gasteiger charge is -2.18. The highest BCUT2D eigenvalue weighted by Gasteiger charge is 2.38. The molecule has 0 atom stereocenters. The second-order valence-electron chi connectivity index (χ2n) is 7.57. The topological polar surface area (TPSA) is 87.2 Å². The highest BCUT2D eigenvalue weighted by Crippen LogP contribution is 2.41. The van der Waals surface area contributed by atoms with Crippen molar-refractivity contribution in [3.63, 3.8) is 0 Å². The van der Waals surface area contributed by atoms with Gasteiger partial charge in [-0.1, -0.05) is 13.8 Å². The van der Waals surface area contributed by atoms with E-state index in [-0.39, 0.29) is 17.1 Å². The first-order valence-electron chi connectivity index (χ1n) is 10.7. The van der Waals surface area contributed by atoms with Crippen LogP contribution in [0.15, 0.2) is 42.5 Å². The van der Waals surface area contributed by atoms with Gasteiger partial charge in [0.25, 0.3) is 5.91 Å². The molecule has 1 aliphatic heterocycles. The molecule has 0 saturated heterocycles. The van der Waals surface area contributed by atoms with Crippen LogP contribution >= 0.6 is 0 Å². The van der Waals surface area contributed by atoms with E-state index >= 15 is 0 Å². The van der Waals surface area contributed by atoms with Crippen LogP contribution in [0.5, 0.6) is 5.75 Å². The number of anilines is 1. The van der Waals surface area contributed by atoms with Gasteiger partial charge in [-0.15, -0.1) is 0 Å². The average Bonchev–Trinajstić information content (AvgIpc) is 3.07. The minimum absolute atomic E-state index is 0.00602. The number of carbonyl (C=O) groups is 3. The second kappa shape index (κ2) is 9.78. The molecule has 1 aliphatic rings. The highest BCUT2D eigenvalue weighted by molar-refractivity contribution is 6.42. The van der Waals surface area contributed by atoms with E-state index in [1.54, 1.807) is 36.4 Å². The predicted molar refractivity (Wildman–Crippen MR) is 124 cm³/mol. The third-order valence-corrected chi connectivity index (χ3v) is 5.58. The molecule has 0 spiro atoms. The molecule has 0 aliphatic carbocycles. The van der Waals surface area contributed by atoms with Crippen molar-refractivity contribution in [3.8, 4) is 5.75 Å². The number of likely N-dealkylation sites (N-methyl/N-ethyl adjacent to an activating group) is 1. The molecule has 1 heterocycles. The first-order valence-corrected chi connectivity index (χ1v) is 10.7. The Morgan fingerprint density at radius 3 is 2.19 bits per heavy atom. The van der Waals surface area contributed by atoms with E-state index < -0.39 is 11.8 Å². The monoisotopic (exact) mass is 436 g/mol. The Labute approximate surface area is 187 Å². The van der Waals surface area contributed by atoms with Crippen molar-refractivity contribution in [1.82, 2.24) is 4.90 Å². The molecule has 0 aromatic heterocycles. The summed E-state index contributed by atoms with van der Waals surface area (Å²) in [5, 5.41) is 11.0. The lowest BCUT2D eigenvalue weighted by atomic mass is 9.99. The number of amides is 2. The Balaban J connectivity index is 1.92. The van der Waals surface area contributed by atoms with E-state index in [9.17, 15) is 19.5 Å². The lowest BCUT2D eigenvalue weighted by molar-refractivity contribution is -0.122. The number of nitrogens with zero attached hydrogens (tertiary/aromatic N) is 2. The molecule has 2 amide bonds. The van der Waals surface area contributed by atoms with Crippen molar-refractivity contribution in [3.05, 3.63) is 59.2 Å². The third-order valence-electron chi connectivity index (χ3n) is 5.58. The number of benzene rings is 2. The molecular weight excluding hydrogens is 408 g/mol. The van der Waals surface area contributed by atoms with Gasteiger partial charge >= 0.3 is 0 Å². The molecule has 7 nitrogen and oxygen atoms in total. The van der Waals surface area contributed by atoms with Gasteiger partial charge in [-0.05, 0) is 62.5 Å². The van der Waals surface area contributed by atoms with Crippen molar-refractivity contribution in [2.75, 3.05) is 31.1 Å². The molecule has 32 heavy (non-hydrogen) atoms. The molecule has 0 bridgehead atoms. The molecular formula is C25H28N2O5. The van der Waals surface area contributed by atoms with Crippen molar-refractivity contribution in [2.24, 2.45) is 0 Å². The summed E-state index contributed by atoms with van der Waals surface area (Å²) < 4.78 is 5.77. The molecule has 7 heteroatoms. The zero-order valence-electron chi connectivity index (χ0n) is 18.8. The minimum atomic E-state index is -0.620. The lowest BCUT2D eigenvalue weighted by Crippen LogP contribution is -2.31. The summed E-state index contributed by atoms with van der Waals surface area (Å²) in [7, 11) is 0. The van der Waals surface area contributed by atoms with Crippen LogP contribution < -0.4 is 9.64 Å². The minimum Gasteiger partial charge on any atom is -0.506 e. The average molecular weight is 437 g/mol. The Morgan fingerprint density at radius 2 is 1.62 bits per heavy atom. The number of ether oxygens (including phenoxy) is 1. The summed E-state index contributed by atoms with van der Waals surface area (Å²) in [5.74, 6) is -0.861. The highest BCUT2D eigenvalue weighted by atomic mass is 16.5. The quantitative estimate of drug-likeness (QED) is 0.383. The molecule has 2 aromatic carbocycles. The predicted octanol–water partition coefficient (Wildman–Crippen LogP) is 3.93. The smallest absolute Gasteiger partial charge is 0.269 e. The number of aliphatic hydroxyl groups is 1. The molecule has 2 aromatic rings. The van der Waals surface area contributed by atoms with E-state index in [2.05, 4.69) is 18.7 Å². The molecule has 0 unspecified atom stereocenters. The van der Waals surface area contributed by atoms with Gasteiger partial charge in [0, 0.05) is 30.2 Å². The summed E-state index contributed by atoms with van der Waals surface area (Å²) in [5.41, 5.74) is 1.51. The Morgan fingerprint density at radius 1 is 1.00 bits per heavy atom. The van der Waals surface area contributed by atoms with Gasteiger partial charge in [-0.3, -0.25) is 14.4 Å². The Bertz CT molecular complexity index is 1070. The number of Topliss-reactive ketones (excluding diaryl/α,β-unsaturated/α-hetero) is 1. The summed E-state index contributed by atoms with van der Waals surface area (Å²) in [4.78, 5) is 40.2. The number of carbonyl (C=O) groups excluding carboxylic acids is 3. The standard InChI is InChI=1S/C25H28N2O5/c1-5-26(6-2)13-14-32-20-10-7-18(8-11-20)24(30)23-21-15-19(16(3)28)9-12-22(21)27(17(4)29)25(23)31/h7-12,15,30H,5-6,13-14H2,1-4H3/b24-23-. The maximum absolute atomic E-state index is 13.0. The molecule has 1 N–H and O–H groups in total. The van der Waals surface area contributed by atoms with Crippen molar-refractivity contribution in [1.29, 1.82) is 0 Å². The second-order valence-corrected chi connectivity index (χ2v) is 7.57. The molecule has 0 radical (unpaired) electrons. The van der Waals surface area contributed by atoms with E-state index in [0.717, 1.165) is 24.5 Å². The van der Waals surface area contributed by atoms with Crippen LogP contribution in [-0.4, -0.2) is 53.8 Å².